The topological polar surface area (TPSA) is 125 Å². The van der Waals surface area contributed by atoms with Gasteiger partial charge in [-0.25, -0.2) is 0 Å². The average Bonchev–Trinajstić information content (AvgIpc) is 2.88. The van der Waals surface area contributed by atoms with Crippen LogP contribution >= 0.6 is 0 Å². The van der Waals surface area contributed by atoms with E-state index < -0.39 is 23.0 Å². The molecule has 2 aromatic carbocycles. The summed E-state index contributed by atoms with van der Waals surface area (Å²) in [5.41, 5.74) is -0.883. The number of esters is 2. The first-order chi connectivity index (χ1) is 16.3. The molecule has 176 valence electrons. The summed E-state index contributed by atoms with van der Waals surface area (Å²) in [6.45, 7) is 3.37. The molecule has 0 saturated carbocycles. The molecule has 0 radical (unpaired) electrons. The third-order valence-electron chi connectivity index (χ3n) is 5.09. The number of rotatable bonds is 12. The summed E-state index contributed by atoms with van der Waals surface area (Å²) in [5, 5.41) is 27.2. The lowest BCUT2D eigenvalue weighted by molar-refractivity contribution is -0.146. The third kappa shape index (κ3) is 9.22. The van der Waals surface area contributed by atoms with Gasteiger partial charge in [0.05, 0.1) is 12.1 Å². The molecule has 0 aliphatic carbocycles. The van der Waals surface area contributed by atoms with E-state index in [1.54, 1.807) is 0 Å². The second kappa shape index (κ2) is 12.9. The van der Waals surface area contributed by atoms with Crippen molar-refractivity contribution < 1.29 is 19.1 Å². The first-order valence-electron chi connectivity index (χ1n) is 10.9. The molecular formula is C26H28N4O4. The van der Waals surface area contributed by atoms with Crippen molar-refractivity contribution in [1.82, 2.24) is 0 Å². The maximum Gasteiger partial charge on any atom is 0.306 e. The van der Waals surface area contributed by atoms with Gasteiger partial charge in [0, 0.05) is 12.8 Å². The highest BCUT2D eigenvalue weighted by molar-refractivity contribution is 5.70. The third-order valence-corrected chi connectivity index (χ3v) is 5.09. The quantitative estimate of drug-likeness (QED) is 0.322. The summed E-state index contributed by atoms with van der Waals surface area (Å²) < 4.78 is 10.5. The van der Waals surface area contributed by atoms with Crippen molar-refractivity contribution in [3.8, 4) is 12.1 Å². The molecule has 0 amide bonds. The number of ether oxygens (including phenoxy) is 2. The van der Waals surface area contributed by atoms with Crippen molar-refractivity contribution in [3.63, 3.8) is 0 Å². The molecule has 0 aliphatic rings. The molecule has 2 aromatic rings. The molecule has 0 fully saturated rings. The Labute approximate surface area is 199 Å². The first-order valence-corrected chi connectivity index (χ1v) is 10.9. The number of benzene rings is 2. The highest BCUT2D eigenvalue weighted by Gasteiger charge is 2.30. The van der Waals surface area contributed by atoms with E-state index in [1.807, 2.05) is 72.8 Å². The van der Waals surface area contributed by atoms with Gasteiger partial charge in [-0.3, -0.25) is 9.59 Å². The van der Waals surface area contributed by atoms with Crippen LogP contribution in [0.3, 0.4) is 0 Å². The van der Waals surface area contributed by atoms with E-state index in [0.29, 0.717) is 0 Å². The van der Waals surface area contributed by atoms with Crippen LogP contribution in [-0.4, -0.2) is 23.0 Å². The van der Waals surface area contributed by atoms with Crippen LogP contribution in [0.25, 0.3) is 0 Å². The van der Waals surface area contributed by atoms with Gasteiger partial charge >= 0.3 is 11.9 Å². The Morgan fingerprint density at radius 3 is 1.41 bits per heavy atom. The summed E-state index contributed by atoms with van der Waals surface area (Å²) in [6.07, 6.45) is 0.123. The Kier molecular flexibility index (Phi) is 9.91. The molecule has 8 nitrogen and oxygen atoms in total. The Balaban J connectivity index is 1.84. The molecular weight excluding hydrogens is 432 g/mol. The predicted molar refractivity (Wildman–Crippen MR) is 124 cm³/mol. The van der Waals surface area contributed by atoms with Gasteiger partial charge in [-0.1, -0.05) is 60.7 Å². The van der Waals surface area contributed by atoms with Crippen molar-refractivity contribution >= 4 is 11.9 Å². The molecule has 2 rings (SSSR count). The lowest BCUT2D eigenvalue weighted by Gasteiger charge is -2.19. The fraction of sp³-hybridized carbons (Fsp3) is 0.385. The fourth-order valence-corrected chi connectivity index (χ4v) is 2.79. The van der Waals surface area contributed by atoms with Crippen LogP contribution in [0.4, 0.5) is 0 Å². The maximum absolute atomic E-state index is 12.1. The van der Waals surface area contributed by atoms with Gasteiger partial charge in [0.25, 0.3) is 0 Å². The molecule has 0 spiro atoms. The van der Waals surface area contributed by atoms with Crippen molar-refractivity contribution in [1.29, 1.82) is 10.5 Å². The largest absolute Gasteiger partial charge is 0.461 e. The minimum Gasteiger partial charge on any atom is -0.461 e. The van der Waals surface area contributed by atoms with E-state index in [9.17, 15) is 20.1 Å². The molecule has 0 heterocycles. The minimum absolute atomic E-state index is 0.0228. The normalized spacial score (nSPS) is 14.2. The highest BCUT2D eigenvalue weighted by atomic mass is 16.5. The molecule has 34 heavy (non-hydrogen) atoms. The number of nitriles is 2. The number of hydrogen-bond acceptors (Lipinski definition) is 8. The van der Waals surface area contributed by atoms with Gasteiger partial charge in [0.1, 0.15) is 13.2 Å². The monoisotopic (exact) mass is 460 g/mol. The van der Waals surface area contributed by atoms with Crippen LogP contribution in [-0.2, 0) is 32.3 Å². The van der Waals surface area contributed by atoms with Crippen LogP contribution in [0, 0.1) is 22.7 Å². The maximum atomic E-state index is 12.1. The van der Waals surface area contributed by atoms with E-state index in [2.05, 4.69) is 10.2 Å². The van der Waals surface area contributed by atoms with Crippen molar-refractivity contribution in [3.05, 3.63) is 71.8 Å². The van der Waals surface area contributed by atoms with E-state index in [-0.39, 0.29) is 38.9 Å². The van der Waals surface area contributed by atoms with Crippen molar-refractivity contribution in [2.45, 2.75) is 63.8 Å². The highest BCUT2D eigenvalue weighted by Crippen LogP contribution is 2.24. The van der Waals surface area contributed by atoms with Crippen LogP contribution < -0.4 is 0 Å². The smallest absolute Gasteiger partial charge is 0.306 e. The van der Waals surface area contributed by atoms with Crippen LogP contribution in [0.5, 0.6) is 0 Å². The molecule has 8 heteroatoms. The fourth-order valence-electron chi connectivity index (χ4n) is 2.79. The van der Waals surface area contributed by atoms with E-state index in [4.69, 9.17) is 9.47 Å². The van der Waals surface area contributed by atoms with Crippen LogP contribution in [0.1, 0.15) is 50.7 Å². The van der Waals surface area contributed by atoms with Crippen LogP contribution in [0.15, 0.2) is 70.9 Å². The van der Waals surface area contributed by atoms with E-state index in [0.717, 1.165) is 11.1 Å². The summed E-state index contributed by atoms with van der Waals surface area (Å²) in [7, 11) is 0. The lowest BCUT2D eigenvalue weighted by Crippen LogP contribution is -2.25. The zero-order valence-electron chi connectivity index (χ0n) is 19.4. The van der Waals surface area contributed by atoms with Gasteiger partial charge in [-0.15, -0.1) is 0 Å². The summed E-state index contributed by atoms with van der Waals surface area (Å²) in [4.78, 5) is 24.1. The number of carbonyl (C=O) groups excluding carboxylic acids is 2. The molecule has 0 aromatic heterocycles. The molecule has 0 saturated heterocycles. The summed E-state index contributed by atoms with van der Waals surface area (Å²) >= 11 is 0. The standard InChI is InChI=1S/C26H28N4O4/c1-25(19-27,15-13-23(31)33-17-21-9-5-3-6-10-21)29-30-26(2,20-28)16-14-24(32)34-18-22-11-7-4-8-12-22/h3-12H,13-18H2,1-2H3/b30-29+. The number of azo groups is 1. The Morgan fingerprint density at radius 1 is 0.735 bits per heavy atom. The Morgan fingerprint density at radius 2 is 1.09 bits per heavy atom. The summed E-state index contributed by atoms with van der Waals surface area (Å²) in [5.74, 6) is -0.908. The van der Waals surface area contributed by atoms with E-state index in [1.165, 1.54) is 13.8 Å². The number of carbonyl (C=O) groups is 2. The zero-order valence-corrected chi connectivity index (χ0v) is 19.4. The molecule has 0 aliphatic heterocycles. The second-order valence-electron chi connectivity index (χ2n) is 8.26. The SMILES string of the molecule is CC(C#N)(CCC(=O)OCc1ccccc1)/N=N/C(C)(C#N)CCC(=O)OCc1ccccc1. The molecule has 2 unspecified atom stereocenters. The van der Waals surface area contributed by atoms with E-state index >= 15 is 0 Å². The predicted octanol–water partition coefficient (Wildman–Crippen LogP) is 5.05. The van der Waals surface area contributed by atoms with Gasteiger partial charge in [0.15, 0.2) is 11.1 Å². The van der Waals surface area contributed by atoms with Crippen LogP contribution in [0.2, 0.25) is 0 Å². The molecule has 0 bridgehead atoms. The lowest BCUT2D eigenvalue weighted by atomic mass is 9.97. The Hall–Kier alpha value is -4.04. The Bertz CT molecular complexity index is 974. The average molecular weight is 461 g/mol. The van der Waals surface area contributed by atoms with Gasteiger partial charge < -0.3 is 9.47 Å². The van der Waals surface area contributed by atoms with Gasteiger partial charge in [0.2, 0.25) is 0 Å². The second-order valence-corrected chi connectivity index (χ2v) is 8.26. The van der Waals surface area contributed by atoms with Crippen molar-refractivity contribution in [2.75, 3.05) is 0 Å². The molecule has 2 atom stereocenters. The number of nitrogens with zero attached hydrogens (tertiary/aromatic N) is 4. The zero-order chi connectivity index (χ0) is 24.9. The van der Waals surface area contributed by atoms with Gasteiger partial charge in [-0.2, -0.15) is 20.8 Å². The number of hydrogen-bond donors (Lipinski definition) is 0. The van der Waals surface area contributed by atoms with Crippen molar-refractivity contribution in [2.24, 2.45) is 10.2 Å². The summed E-state index contributed by atoms with van der Waals surface area (Å²) in [6, 6.07) is 22.6. The first kappa shape index (κ1) is 26.2. The molecule has 0 N–H and O–H groups in total. The van der Waals surface area contributed by atoms with Gasteiger partial charge in [-0.05, 0) is 37.8 Å². The minimum atomic E-state index is -1.31.